The standard InChI is InChI=1S/C20H21ClN4O/c1-13-3-2-4-16-15(11-24-17(13)16)7-10-25(12-14-5-6-14)20(26)18-19(21)23-9-8-22-18/h2-4,8-9,11,14,24H,5-7,10,12H2,1H3. The molecule has 5 nitrogen and oxygen atoms in total. The van der Waals surface area contributed by atoms with Gasteiger partial charge >= 0.3 is 0 Å². The predicted molar refractivity (Wildman–Crippen MR) is 102 cm³/mol. The quantitative estimate of drug-likeness (QED) is 0.714. The number of aromatic nitrogens is 3. The fourth-order valence-corrected chi connectivity index (χ4v) is 3.51. The maximum absolute atomic E-state index is 12.9. The minimum Gasteiger partial charge on any atom is -0.361 e. The Labute approximate surface area is 157 Å². The number of aromatic amines is 1. The number of hydrogen-bond donors (Lipinski definition) is 1. The highest BCUT2D eigenvalue weighted by molar-refractivity contribution is 6.32. The van der Waals surface area contributed by atoms with Crippen LogP contribution in [0.15, 0.2) is 36.8 Å². The van der Waals surface area contributed by atoms with E-state index >= 15 is 0 Å². The van der Waals surface area contributed by atoms with E-state index in [0.717, 1.165) is 13.0 Å². The van der Waals surface area contributed by atoms with Gasteiger partial charge in [0.15, 0.2) is 10.8 Å². The molecule has 26 heavy (non-hydrogen) atoms. The molecule has 0 saturated heterocycles. The van der Waals surface area contributed by atoms with Gasteiger partial charge in [-0.2, -0.15) is 0 Å². The van der Waals surface area contributed by atoms with Gasteiger partial charge in [0.2, 0.25) is 0 Å². The molecule has 0 radical (unpaired) electrons. The number of benzene rings is 1. The summed E-state index contributed by atoms with van der Waals surface area (Å²) in [6.45, 7) is 3.50. The van der Waals surface area contributed by atoms with E-state index in [0.29, 0.717) is 12.5 Å². The third-order valence-corrected chi connectivity index (χ3v) is 5.26. The SMILES string of the molecule is Cc1cccc2c(CCN(CC3CC3)C(=O)c3nccnc3Cl)c[nH]c12. The summed E-state index contributed by atoms with van der Waals surface area (Å²) in [6, 6.07) is 6.30. The number of H-pyrrole nitrogens is 1. The van der Waals surface area contributed by atoms with Crippen molar-refractivity contribution in [1.29, 1.82) is 0 Å². The van der Waals surface area contributed by atoms with Crippen molar-refractivity contribution in [3.05, 3.63) is 58.8 Å². The van der Waals surface area contributed by atoms with E-state index in [1.807, 2.05) is 11.1 Å². The number of rotatable bonds is 6. The van der Waals surface area contributed by atoms with Crippen LogP contribution in [0, 0.1) is 12.8 Å². The number of carbonyl (C=O) groups is 1. The van der Waals surface area contributed by atoms with E-state index in [2.05, 4.69) is 40.1 Å². The fourth-order valence-electron chi connectivity index (χ4n) is 3.33. The summed E-state index contributed by atoms with van der Waals surface area (Å²) < 4.78 is 0. The van der Waals surface area contributed by atoms with Crippen LogP contribution >= 0.6 is 11.6 Å². The summed E-state index contributed by atoms with van der Waals surface area (Å²) in [5.41, 5.74) is 3.86. The number of nitrogens with zero attached hydrogens (tertiary/aromatic N) is 3. The summed E-state index contributed by atoms with van der Waals surface area (Å²) in [7, 11) is 0. The minimum absolute atomic E-state index is 0.133. The lowest BCUT2D eigenvalue weighted by Crippen LogP contribution is -2.35. The average molecular weight is 369 g/mol. The van der Waals surface area contributed by atoms with Crippen molar-refractivity contribution in [1.82, 2.24) is 19.9 Å². The molecule has 1 aromatic carbocycles. The number of aryl methyl sites for hydroxylation is 1. The second-order valence-corrected chi connectivity index (χ2v) is 7.31. The topological polar surface area (TPSA) is 61.9 Å². The Bertz CT molecular complexity index is 948. The third-order valence-electron chi connectivity index (χ3n) is 4.98. The molecule has 0 spiro atoms. The van der Waals surface area contributed by atoms with Crippen molar-refractivity contribution in [2.24, 2.45) is 5.92 Å². The first-order valence-corrected chi connectivity index (χ1v) is 9.32. The number of amides is 1. The molecule has 2 aromatic heterocycles. The van der Waals surface area contributed by atoms with Gasteiger partial charge in [0.25, 0.3) is 5.91 Å². The summed E-state index contributed by atoms with van der Waals surface area (Å²) >= 11 is 6.08. The Kier molecular flexibility index (Phi) is 4.64. The van der Waals surface area contributed by atoms with Crippen LogP contribution in [0.1, 0.15) is 34.5 Å². The fraction of sp³-hybridized carbons (Fsp3) is 0.350. The van der Waals surface area contributed by atoms with E-state index in [4.69, 9.17) is 11.6 Å². The highest BCUT2D eigenvalue weighted by Crippen LogP contribution is 2.30. The predicted octanol–water partition coefficient (Wildman–Crippen LogP) is 4.01. The molecule has 0 bridgehead atoms. The zero-order chi connectivity index (χ0) is 18.1. The van der Waals surface area contributed by atoms with E-state index in [-0.39, 0.29) is 16.8 Å². The van der Waals surface area contributed by atoms with Gasteiger partial charge in [-0.15, -0.1) is 0 Å². The van der Waals surface area contributed by atoms with Crippen LogP contribution in [-0.4, -0.2) is 38.8 Å². The highest BCUT2D eigenvalue weighted by atomic mass is 35.5. The van der Waals surface area contributed by atoms with Crippen LogP contribution in [0.3, 0.4) is 0 Å². The van der Waals surface area contributed by atoms with Crippen molar-refractivity contribution in [3.8, 4) is 0 Å². The number of halogens is 1. The van der Waals surface area contributed by atoms with Gasteiger partial charge in [0.1, 0.15) is 0 Å². The smallest absolute Gasteiger partial charge is 0.275 e. The molecule has 1 fully saturated rings. The van der Waals surface area contributed by atoms with Crippen molar-refractivity contribution in [2.45, 2.75) is 26.2 Å². The minimum atomic E-state index is -0.133. The van der Waals surface area contributed by atoms with Crippen molar-refractivity contribution >= 4 is 28.4 Å². The van der Waals surface area contributed by atoms with E-state index in [1.54, 1.807) is 0 Å². The molecule has 2 heterocycles. The Morgan fingerprint density at radius 2 is 2.12 bits per heavy atom. The van der Waals surface area contributed by atoms with E-state index in [1.165, 1.54) is 47.3 Å². The Morgan fingerprint density at radius 1 is 1.31 bits per heavy atom. The van der Waals surface area contributed by atoms with Gasteiger partial charge < -0.3 is 9.88 Å². The zero-order valence-corrected chi connectivity index (χ0v) is 15.5. The van der Waals surface area contributed by atoms with Gasteiger partial charge in [-0.25, -0.2) is 9.97 Å². The first-order valence-electron chi connectivity index (χ1n) is 8.95. The Morgan fingerprint density at radius 3 is 2.88 bits per heavy atom. The summed E-state index contributed by atoms with van der Waals surface area (Å²) in [5.74, 6) is 0.464. The van der Waals surface area contributed by atoms with Crippen LogP contribution in [-0.2, 0) is 6.42 Å². The molecule has 1 amide bonds. The third kappa shape index (κ3) is 3.44. The lowest BCUT2D eigenvalue weighted by atomic mass is 10.1. The highest BCUT2D eigenvalue weighted by Gasteiger charge is 2.28. The van der Waals surface area contributed by atoms with Gasteiger partial charge in [0.05, 0.1) is 0 Å². The van der Waals surface area contributed by atoms with Crippen LogP contribution in [0.25, 0.3) is 10.9 Å². The van der Waals surface area contributed by atoms with Crippen LogP contribution in [0.5, 0.6) is 0 Å². The Hall–Kier alpha value is -2.40. The molecule has 1 aliphatic carbocycles. The second kappa shape index (κ2) is 7.08. The van der Waals surface area contributed by atoms with E-state index in [9.17, 15) is 4.79 Å². The molecule has 4 rings (SSSR count). The lowest BCUT2D eigenvalue weighted by molar-refractivity contribution is 0.0743. The van der Waals surface area contributed by atoms with Crippen molar-refractivity contribution < 1.29 is 4.79 Å². The first kappa shape index (κ1) is 17.0. The molecule has 3 aromatic rings. The van der Waals surface area contributed by atoms with Crippen LogP contribution in [0.2, 0.25) is 5.15 Å². The van der Waals surface area contributed by atoms with Gasteiger partial charge in [-0.05, 0) is 43.2 Å². The first-order chi connectivity index (χ1) is 12.6. The molecule has 0 unspecified atom stereocenters. The molecular formula is C20H21ClN4O. The van der Waals surface area contributed by atoms with Crippen molar-refractivity contribution in [2.75, 3.05) is 13.1 Å². The number of para-hydroxylation sites is 1. The molecule has 1 aliphatic rings. The lowest BCUT2D eigenvalue weighted by Gasteiger charge is -2.22. The zero-order valence-electron chi connectivity index (χ0n) is 14.7. The van der Waals surface area contributed by atoms with Gasteiger partial charge in [-0.3, -0.25) is 4.79 Å². The number of fused-ring (bicyclic) bond motifs is 1. The molecule has 0 atom stereocenters. The van der Waals surface area contributed by atoms with Crippen LogP contribution < -0.4 is 0 Å². The van der Waals surface area contributed by atoms with Gasteiger partial charge in [-0.1, -0.05) is 29.8 Å². The van der Waals surface area contributed by atoms with E-state index < -0.39 is 0 Å². The maximum atomic E-state index is 12.9. The van der Waals surface area contributed by atoms with Gasteiger partial charge in [0, 0.05) is 42.6 Å². The average Bonchev–Trinajstić information content (AvgIpc) is 3.36. The molecule has 134 valence electrons. The maximum Gasteiger partial charge on any atom is 0.275 e. The molecule has 0 aliphatic heterocycles. The van der Waals surface area contributed by atoms with Crippen molar-refractivity contribution in [3.63, 3.8) is 0 Å². The Balaban J connectivity index is 1.54. The second-order valence-electron chi connectivity index (χ2n) is 6.95. The summed E-state index contributed by atoms with van der Waals surface area (Å²) in [5, 5.41) is 1.39. The number of nitrogens with one attached hydrogen (secondary N) is 1. The monoisotopic (exact) mass is 368 g/mol. The molecule has 1 saturated carbocycles. The molecule has 1 N–H and O–H groups in total. The summed E-state index contributed by atoms with van der Waals surface area (Å²) in [6.07, 6.45) is 8.22. The molecule has 6 heteroatoms. The summed E-state index contributed by atoms with van der Waals surface area (Å²) in [4.78, 5) is 26.3. The number of hydrogen-bond acceptors (Lipinski definition) is 3. The molecular weight excluding hydrogens is 348 g/mol. The number of carbonyl (C=O) groups excluding carboxylic acids is 1. The largest absolute Gasteiger partial charge is 0.361 e. The normalized spacial score (nSPS) is 13.9. The van der Waals surface area contributed by atoms with Crippen LogP contribution in [0.4, 0.5) is 0 Å².